The van der Waals surface area contributed by atoms with Gasteiger partial charge in [-0.25, -0.2) is 0 Å². The number of ketones is 1. The predicted molar refractivity (Wildman–Crippen MR) is 142 cm³/mol. The number of carboxylic acids is 1. The van der Waals surface area contributed by atoms with E-state index in [0.717, 1.165) is 19.5 Å². The van der Waals surface area contributed by atoms with Gasteiger partial charge in [0.2, 0.25) is 0 Å². The molecule has 0 bridgehead atoms. The number of rotatable bonds is 11. The number of anilines is 1. The van der Waals surface area contributed by atoms with E-state index in [1.54, 1.807) is 18.2 Å². The van der Waals surface area contributed by atoms with E-state index >= 15 is 0 Å². The number of carboxylic acid groups (broad SMARTS) is 1. The maximum Gasteiger partial charge on any atom is 0.303 e. The molecule has 1 aliphatic heterocycles. The zero-order valence-electron chi connectivity index (χ0n) is 19.5. The number of aliphatic carboxylic acids is 1. The fourth-order valence-electron chi connectivity index (χ4n) is 3.88. The summed E-state index contributed by atoms with van der Waals surface area (Å²) in [5.74, 6) is -1.48. The van der Waals surface area contributed by atoms with Gasteiger partial charge in [0.25, 0.3) is 5.91 Å². The molecular formula is C25H28BrClN4O5. The van der Waals surface area contributed by atoms with Crippen LogP contribution in [0.3, 0.4) is 0 Å². The van der Waals surface area contributed by atoms with Gasteiger partial charge in [-0.2, -0.15) is 0 Å². The van der Waals surface area contributed by atoms with Crippen LogP contribution in [0.4, 0.5) is 5.69 Å². The summed E-state index contributed by atoms with van der Waals surface area (Å²) in [6, 6.07) is 9.98. The van der Waals surface area contributed by atoms with Crippen LogP contribution in [0.1, 0.15) is 53.9 Å². The molecule has 0 radical (unpaired) electrons. The molecule has 1 aliphatic rings. The SMILES string of the molecule is O=C(O)CC(CCCC(=O)CNC(=O)c1cccc(NC2=NCCCN2)c1)c1cc(Cl)cc(Br)c1O. The number of aromatic hydroxyl groups is 1. The van der Waals surface area contributed by atoms with Crippen molar-refractivity contribution in [3.63, 3.8) is 0 Å². The number of aliphatic imine (C=N–C) groups is 1. The van der Waals surface area contributed by atoms with Gasteiger partial charge in [0.05, 0.1) is 17.4 Å². The third-order valence-corrected chi connectivity index (χ3v) is 6.48. The van der Waals surface area contributed by atoms with Crippen LogP contribution in [0, 0.1) is 0 Å². The van der Waals surface area contributed by atoms with Gasteiger partial charge in [-0.1, -0.05) is 17.7 Å². The lowest BCUT2D eigenvalue weighted by Gasteiger charge is -2.18. The average Bonchev–Trinajstić information content (AvgIpc) is 2.84. The maximum absolute atomic E-state index is 12.5. The number of guanidine groups is 1. The molecule has 0 saturated carbocycles. The molecule has 192 valence electrons. The van der Waals surface area contributed by atoms with E-state index in [9.17, 15) is 24.6 Å². The Morgan fingerprint density at radius 1 is 1.22 bits per heavy atom. The first-order valence-electron chi connectivity index (χ1n) is 11.6. The van der Waals surface area contributed by atoms with Crippen molar-refractivity contribution in [2.45, 2.75) is 38.0 Å². The maximum atomic E-state index is 12.5. The number of amides is 1. The molecule has 1 unspecified atom stereocenters. The van der Waals surface area contributed by atoms with Crippen molar-refractivity contribution in [3.05, 3.63) is 57.0 Å². The standard InChI is InChI=1S/C25H28BrClN4O5/c26-21-13-17(27)12-20(23(21)35)15(11-22(33)34)4-2-7-19(32)14-30-24(36)16-5-1-6-18(10-16)31-25-28-8-3-9-29-25/h1,5-6,10,12-13,15,35H,2-4,7-9,11,14H2,(H,30,36)(H,33,34)(H2,28,29,31). The summed E-state index contributed by atoms with van der Waals surface area (Å²) >= 11 is 9.29. The van der Waals surface area contributed by atoms with Crippen molar-refractivity contribution in [2.75, 3.05) is 25.0 Å². The Morgan fingerprint density at radius 3 is 2.75 bits per heavy atom. The third kappa shape index (κ3) is 8.23. The third-order valence-electron chi connectivity index (χ3n) is 5.66. The van der Waals surface area contributed by atoms with E-state index < -0.39 is 11.9 Å². The second-order valence-corrected chi connectivity index (χ2v) is 9.74. The molecule has 0 aliphatic carbocycles. The van der Waals surface area contributed by atoms with E-state index in [1.807, 2.05) is 6.07 Å². The van der Waals surface area contributed by atoms with Crippen molar-refractivity contribution in [1.82, 2.24) is 10.6 Å². The molecule has 36 heavy (non-hydrogen) atoms. The summed E-state index contributed by atoms with van der Waals surface area (Å²) in [6.45, 7) is 1.44. The van der Waals surface area contributed by atoms with Crippen molar-refractivity contribution in [2.24, 2.45) is 4.99 Å². The fourth-order valence-corrected chi connectivity index (χ4v) is 4.72. The van der Waals surface area contributed by atoms with Crippen LogP contribution in [0.25, 0.3) is 0 Å². The Balaban J connectivity index is 1.50. The Hall–Kier alpha value is -3.11. The number of hydrogen-bond donors (Lipinski definition) is 5. The summed E-state index contributed by atoms with van der Waals surface area (Å²) in [4.78, 5) is 40.6. The highest BCUT2D eigenvalue weighted by Gasteiger charge is 2.21. The topological polar surface area (TPSA) is 140 Å². The van der Waals surface area contributed by atoms with Crippen molar-refractivity contribution >= 4 is 56.8 Å². The largest absolute Gasteiger partial charge is 0.506 e. The quantitative estimate of drug-likeness (QED) is 0.267. The molecule has 0 fully saturated rings. The summed E-state index contributed by atoms with van der Waals surface area (Å²) in [5, 5.41) is 28.9. The minimum atomic E-state index is -1.02. The molecule has 5 N–H and O–H groups in total. The lowest BCUT2D eigenvalue weighted by atomic mass is 9.89. The summed E-state index contributed by atoms with van der Waals surface area (Å²) < 4.78 is 0.376. The number of Topliss-reactive ketones (excluding diaryl/α,β-unsaturated/α-hetero) is 1. The van der Waals surface area contributed by atoms with Crippen molar-refractivity contribution in [3.8, 4) is 5.75 Å². The second-order valence-electron chi connectivity index (χ2n) is 8.45. The van der Waals surface area contributed by atoms with E-state index in [1.165, 1.54) is 12.1 Å². The van der Waals surface area contributed by atoms with Gasteiger partial charge in [-0.15, -0.1) is 0 Å². The number of carbonyl (C=O) groups is 3. The number of carbonyl (C=O) groups excluding carboxylic acids is 2. The smallest absolute Gasteiger partial charge is 0.303 e. The van der Waals surface area contributed by atoms with Crippen LogP contribution in [0.2, 0.25) is 5.02 Å². The van der Waals surface area contributed by atoms with Crippen LogP contribution < -0.4 is 16.0 Å². The minimum absolute atomic E-state index is 0.0627. The fraction of sp³-hybridized carbons (Fsp3) is 0.360. The van der Waals surface area contributed by atoms with Gasteiger partial charge in [0.1, 0.15) is 5.75 Å². The summed E-state index contributed by atoms with van der Waals surface area (Å²) in [5.41, 5.74) is 1.54. The molecule has 3 rings (SSSR count). The zero-order chi connectivity index (χ0) is 26.1. The number of phenols is 1. The number of benzene rings is 2. The highest BCUT2D eigenvalue weighted by atomic mass is 79.9. The summed E-state index contributed by atoms with van der Waals surface area (Å²) in [7, 11) is 0. The molecule has 1 heterocycles. The number of nitrogens with one attached hydrogen (secondary N) is 3. The van der Waals surface area contributed by atoms with Gasteiger partial charge in [0, 0.05) is 41.3 Å². The number of halogens is 2. The van der Waals surface area contributed by atoms with Crippen LogP contribution in [0.15, 0.2) is 45.9 Å². The number of nitrogens with zero attached hydrogens (tertiary/aromatic N) is 1. The van der Waals surface area contributed by atoms with Gasteiger partial charge < -0.3 is 26.2 Å². The van der Waals surface area contributed by atoms with Crippen molar-refractivity contribution < 1.29 is 24.6 Å². The van der Waals surface area contributed by atoms with Crippen LogP contribution in [0.5, 0.6) is 5.75 Å². The molecule has 2 aromatic carbocycles. The Bertz CT molecular complexity index is 1160. The van der Waals surface area contributed by atoms with Crippen molar-refractivity contribution in [1.29, 1.82) is 0 Å². The van der Waals surface area contributed by atoms with E-state index in [4.69, 9.17) is 11.6 Å². The molecule has 11 heteroatoms. The van der Waals surface area contributed by atoms with Gasteiger partial charge in [0.15, 0.2) is 11.7 Å². The Morgan fingerprint density at radius 2 is 2.03 bits per heavy atom. The number of hydrogen-bond acceptors (Lipinski definition) is 7. The predicted octanol–water partition coefficient (Wildman–Crippen LogP) is 4.30. The Labute approximate surface area is 222 Å². The zero-order valence-corrected chi connectivity index (χ0v) is 21.9. The van der Waals surface area contributed by atoms with Gasteiger partial charge in [-0.05, 0) is 71.4 Å². The molecule has 1 atom stereocenters. The molecule has 0 saturated heterocycles. The first-order valence-corrected chi connectivity index (χ1v) is 12.7. The highest BCUT2D eigenvalue weighted by molar-refractivity contribution is 9.10. The molecule has 1 amide bonds. The van der Waals surface area contributed by atoms with Gasteiger partial charge in [-0.3, -0.25) is 19.4 Å². The average molecular weight is 580 g/mol. The molecule has 0 aromatic heterocycles. The lowest BCUT2D eigenvalue weighted by Crippen LogP contribution is -2.35. The monoisotopic (exact) mass is 578 g/mol. The first kappa shape index (κ1) is 27.5. The van der Waals surface area contributed by atoms with E-state index in [0.29, 0.717) is 45.1 Å². The molecular weight excluding hydrogens is 552 g/mol. The van der Waals surface area contributed by atoms with E-state index in [-0.39, 0.29) is 36.8 Å². The Kier molecular flexibility index (Phi) is 10.1. The van der Waals surface area contributed by atoms with E-state index in [2.05, 4.69) is 36.9 Å². The lowest BCUT2D eigenvalue weighted by molar-refractivity contribution is -0.137. The van der Waals surface area contributed by atoms with Crippen LogP contribution in [-0.4, -0.2) is 53.5 Å². The van der Waals surface area contributed by atoms with Gasteiger partial charge >= 0.3 is 5.97 Å². The highest BCUT2D eigenvalue weighted by Crippen LogP contribution is 2.39. The van der Waals surface area contributed by atoms with Crippen LogP contribution >= 0.6 is 27.5 Å². The normalized spacial score (nSPS) is 13.8. The molecule has 9 nitrogen and oxygen atoms in total. The molecule has 0 spiro atoms. The summed E-state index contributed by atoms with van der Waals surface area (Å²) in [6.07, 6.45) is 1.68. The van der Waals surface area contributed by atoms with Crippen LogP contribution in [-0.2, 0) is 9.59 Å². The molecule has 2 aromatic rings. The first-order chi connectivity index (χ1) is 17.2. The second kappa shape index (κ2) is 13.3. The number of phenolic OH excluding ortho intramolecular Hbond substituents is 1. The minimum Gasteiger partial charge on any atom is -0.506 e.